The first-order valence-electron chi connectivity index (χ1n) is 8.97. The lowest BCUT2D eigenvalue weighted by Gasteiger charge is -2.11. The number of Topliss-reactive ketones (excluding diaryl/α,β-unsaturated/α-hetero) is 1. The van der Waals surface area contributed by atoms with E-state index in [0.717, 1.165) is 9.13 Å². The summed E-state index contributed by atoms with van der Waals surface area (Å²) in [5.41, 5.74) is 4.49. The van der Waals surface area contributed by atoms with Gasteiger partial charge in [0, 0.05) is 19.0 Å². The van der Waals surface area contributed by atoms with Crippen molar-refractivity contribution in [3.8, 4) is 0 Å². The molecule has 160 valence electrons. The van der Waals surface area contributed by atoms with Crippen LogP contribution >= 0.6 is 11.3 Å². The predicted octanol–water partition coefficient (Wildman–Crippen LogP) is 1.83. The molecule has 8 nitrogen and oxygen atoms in total. The molecule has 1 aromatic carbocycles. The van der Waals surface area contributed by atoms with E-state index in [0.29, 0.717) is 10.4 Å². The van der Waals surface area contributed by atoms with Crippen LogP contribution in [0.2, 0.25) is 0 Å². The number of ketones is 1. The molecule has 0 radical (unpaired) electrons. The molecule has 2 heterocycles. The fraction of sp³-hybridized carbons (Fsp3) is 0.143. The number of nitrogens with two attached hydrogens (primary N) is 1. The van der Waals surface area contributed by atoms with E-state index in [9.17, 15) is 23.6 Å². The van der Waals surface area contributed by atoms with Crippen LogP contribution in [0.1, 0.15) is 20.8 Å². The van der Waals surface area contributed by atoms with E-state index < -0.39 is 41.0 Å². The fourth-order valence-electron chi connectivity index (χ4n) is 2.79. The number of esters is 1. The highest BCUT2D eigenvalue weighted by Gasteiger charge is 2.23. The summed E-state index contributed by atoms with van der Waals surface area (Å²) in [6, 6.07) is 8.94. The normalized spacial score (nSPS) is 11.4. The second kappa shape index (κ2) is 8.92. The van der Waals surface area contributed by atoms with E-state index in [1.54, 1.807) is 17.5 Å². The van der Waals surface area contributed by atoms with Crippen molar-refractivity contribution in [3.05, 3.63) is 84.4 Å². The van der Waals surface area contributed by atoms with Crippen molar-refractivity contribution in [1.82, 2.24) is 9.13 Å². The molecule has 0 fully saturated rings. The lowest BCUT2D eigenvalue weighted by molar-refractivity contribution is -0.135. The molecule has 3 rings (SSSR count). The number of nitrogen functional groups attached to an aromatic ring is 1. The van der Waals surface area contributed by atoms with Crippen molar-refractivity contribution in [2.24, 2.45) is 14.1 Å². The van der Waals surface area contributed by atoms with Crippen molar-refractivity contribution in [2.45, 2.75) is 0 Å². The SMILES string of the molecule is Cn1c(N)c(C(=O)COC(=O)C(=Cc2ccc(F)cc2)c2cccs2)c(=O)n(C)c1=O. The van der Waals surface area contributed by atoms with Gasteiger partial charge in [-0.2, -0.15) is 0 Å². The monoisotopic (exact) mass is 443 g/mol. The van der Waals surface area contributed by atoms with E-state index >= 15 is 0 Å². The molecule has 0 aliphatic rings. The minimum absolute atomic E-state index is 0.163. The maximum Gasteiger partial charge on any atom is 0.340 e. The Bertz CT molecular complexity index is 1290. The highest BCUT2D eigenvalue weighted by atomic mass is 32.1. The van der Waals surface area contributed by atoms with Crippen LogP contribution in [-0.2, 0) is 23.6 Å². The van der Waals surface area contributed by atoms with Crippen LogP contribution < -0.4 is 17.0 Å². The van der Waals surface area contributed by atoms with Crippen molar-refractivity contribution >= 4 is 40.6 Å². The summed E-state index contributed by atoms with van der Waals surface area (Å²) in [4.78, 5) is 50.1. The number of carbonyl (C=O) groups is 2. The summed E-state index contributed by atoms with van der Waals surface area (Å²) >= 11 is 1.28. The molecular formula is C21H18FN3O5S. The molecule has 31 heavy (non-hydrogen) atoms. The maximum atomic E-state index is 13.2. The Morgan fingerprint density at radius 1 is 1.13 bits per heavy atom. The van der Waals surface area contributed by atoms with Crippen LogP contribution in [0.5, 0.6) is 0 Å². The molecule has 2 N–H and O–H groups in total. The van der Waals surface area contributed by atoms with E-state index in [-0.39, 0.29) is 11.4 Å². The average molecular weight is 443 g/mol. The summed E-state index contributed by atoms with van der Waals surface area (Å²) in [6.45, 7) is -0.747. The van der Waals surface area contributed by atoms with Gasteiger partial charge < -0.3 is 10.5 Å². The van der Waals surface area contributed by atoms with Crippen LogP contribution in [0.3, 0.4) is 0 Å². The molecule has 3 aromatic rings. The van der Waals surface area contributed by atoms with Gasteiger partial charge in [0.05, 0.1) is 5.57 Å². The fourth-order valence-corrected chi connectivity index (χ4v) is 3.52. The first-order valence-corrected chi connectivity index (χ1v) is 9.85. The van der Waals surface area contributed by atoms with Gasteiger partial charge in [-0.3, -0.25) is 18.7 Å². The summed E-state index contributed by atoms with van der Waals surface area (Å²) in [7, 11) is 2.54. The summed E-state index contributed by atoms with van der Waals surface area (Å²) < 4.78 is 20.0. The molecule has 0 saturated heterocycles. The first kappa shape index (κ1) is 21.9. The molecule has 0 spiro atoms. The smallest absolute Gasteiger partial charge is 0.340 e. The Hall–Kier alpha value is -3.79. The Balaban J connectivity index is 1.87. The predicted molar refractivity (Wildman–Crippen MR) is 115 cm³/mol. The zero-order valence-electron chi connectivity index (χ0n) is 16.6. The summed E-state index contributed by atoms with van der Waals surface area (Å²) in [5, 5.41) is 1.77. The number of nitrogens with zero attached hydrogens (tertiary/aromatic N) is 2. The highest BCUT2D eigenvalue weighted by Crippen LogP contribution is 2.24. The first-order chi connectivity index (χ1) is 14.7. The van der Waals surface area contributed by atoms with Crippen molar-refractivity contribution < 1.29 is 18.7 Å². The minimum Gasteiger partial charge on any atom is -0.454 e. The van der Waals surface area contributed by atoms with Gasteiger partial charge in [-0.05, 0) is 35.2 Å². The van der Waals surface area contributed by atoms with Gasteiger partial charge in [0.15, 0.2) is 6.61 Å². The van der Waals surface area contributed by atoms with Gasteiger partial charge in [-0.25, -0.2) is 14.0 Å². The number of carbonyl (C=O) groups excluding carboxylic acids is 2. The lowest BCUT2D eigenvalue weighted by Crippen LogP contribution is -2.42. The Kier molecular flexibility index (Phi) is 6.30. The minimum atomic E-state index is -0.873. The average Bonchev–Trinajstić information content (AvgIpc) is 3.29. The van der Waals surface area contributed by atoms with E-state index in [1.807, 2.05) is 0 Å². The molecule has 2 aromatic heterocycles. The zero-order chi connectivity index (χ0) is 22.7. The number of benzene rings is 1. The molecule has 0 atom stereocenters. The van der Waals surface area contributed by atoms with Gasteiger partial charge in [0.1, 0.15) is 17.2 Å². The van der Waals surface area contributed by atoms with Crippen molar-refractivity contribution in [3.63, 3.8) is 0 Å². The van der Waals surface area contributed by atoms with E-state index in [4.69, 9.17) is 10.5 Å². The number of halogens is 1. The van der Waals surface area contributed by atoms with Gasteiger partial charge in [-0.15, -0.1) is 11.3 Å². The molecule has 0 aliphatic carbocycles. The van der Waals surface area contributed by atoms with Gasteiger partial charge in [-0.1, -0.05) is 18.2 Å². The lowest BCUT2D eigenvalue weighted by atomic mass is 10.1. The molecule has 0 aliphatic heterocycles. The second-order valence-electron chi connectivity index (χ2n) is 6.55. The summed E-state index contributed by atoms with van der Waals surface area (Å²) in [6.07, 6.45) is 1.51. The molecule has 0 bridgehead atoms. The second-order valence-corrected chi connectivity index (χ2v) is 7.50. The van der Waals surface area contributed by atoms with Crippen LogP contribution in [0, 0.1) is 5.82 Å². The Morgan fingerprint density at radius 2 is 1.81 bits per heavy atom. The largest absolute Gasteiger partial charge is 0.454 e. The van der Waals surface area contributed by atoms with E-state index in [1.165, 1.54) is 55.8 Å². The quantitative estimate of drug-likeness (QED) is 0.353. The number of rotatable bonds is 6. The van der Waals surface area contributed by atoms with Crippen LogP contribution in [-0.4, -0.2) is 27.5 Å². The van der Waals surface area contributed by atoms with Crippen LogP contribution in [0.25, 0.3) is 11.6 Å². The molecule has 0 unspecified atom stereocenters. The number of aromatic nitrogens is 2. The van der Waals surface area contributed by atoms with Crippen molar-refractivity contribution in [2.75, 3.05) is 12.3 Å². The third-order valence-corrected chi connectivity index (χ3v) is 5.41. The third-order valence-electron chi connectivity index (χ3n) is 4.51. The highest BCUT2D eigenvalue weighted by molar-refractivity contribution is 7.11. The molecule has 0 saturated carbocycles. The van der Waals surface area contributed by atoms with Crippen molar-refractivity contribution in [1.29, 1.82) is 0 Å². The molecule has 10 heteroatoms. The number of anilines is 1. The number of ether oxygens (including phenoxy) is 1. The summed E-state index contributed by atoms with van der Waals surface area (Å²) in [5.74, 6) is -2.37. The maximum absolute atomic E-state index is 13.2. The van der Waals surface area contributed by atoms with Crippen LogP contribution in [0.15, 0.2) is 51.4 Å². The number of hydrogen-bond donors (Lipinski definition) is 1. The van der Waals surface area contributed by atoms with Gasteiger partial charge in [0.2, 0.25) is 5.78 Å². The number of thiophene rings is 1. The number of hydrogen-bond acceptors (Lipinski definition) is 7. The molecular weight excluding hydrogens is 425 g/mol. The standard InChI is InChI=1S/C21H18FN3O5S/c1-24-18(23)17(19(27)25(2)21(24)29)15(26)11-30-20(28)14(16-4-3-9-31-16)10-12-5-7-13(22)8-6-12/h3-10H,11,23H2,1-2H3. The third kappa shape index (κ3) is 4.53. The van der Waals surface area contributed by atoms with Crippen LogP contribution in [0.4, 0.5) is 10.2 Å². The Labute approximate surface area is 179 Å². The van der Waals surface area contributed by atoms with E-state index in [2.05, 4.69) is 0 Å². The Morgan fingerprint density at radius 3 is 2.42 bits per heavy atom. The zero-order valence-corrected chi connectivity index (χ0v) is 17.4. The topological polar surface area (TPSA) is 113 Å². The van der Waals surface area contributed by atoms with Gasteiger partial charge >= 0.3 is 11.7 Å². The molecule has 0 amide bonds. The van der Waals surface area contributed by atoms with Gasteiger partial charge in [0.25, 0.3) is 5.56 Å².